The molecule has 0 unspecified atom stereocenters. The summed E-state index contributed by atoms with van der Waals surface area (Å²) in [5, 5.41) is 8.80. The Labute approximate surface area is 118 Å². The lowest BCUT2D eigenvalue weighted by atomic mass is 10.4. The standard InChI is InChI=1S/C13H21N3O4/c17-11-3-1-6-15(11)9-14(8-5-13(19)20)10-16-7-2-4-12(16)18/h1-10H2,(H,19,20). The zero-order valence-electron chi connectivity index (χ0n) is 11.6. The number of carboxylic acids is 1. The van der Waals surface area contributed by atoms with Crippen molar-refractivity contribution in [2.24, 2.45) is 0 Å². The van der Waals surface area contributed by atoms with Crippen molar-refractivity contribution in [2.75, 3.05) is 33.0 Å². The average Bonchev–Trinajstić information content (AvgIpc) is 2.97. The van der Waals surface area contributed by atoms with Gasteiger partial charge in [-0.2, -0.15) is 0 Å². The van der Waals surface area contributed by atoms with Gasteiger partial charge in [-0.3, -0.25) is 19.3 Å². The first kappa shape index (κ1) is 14.8. The molecule has 2 fully saturated rings. The van der Waals surface area contributed by atoms with Gasteiger partial charge in [0.15, 0.2) is 0 Å². The third kappa shape index (κ3) is 3.93. The van der Waals surface area contributed by atoms with E-state index in [4.69, 9.17) is 5.11 Å². The van der Waals surface area contributed by atoms with Gasteiger partial charge in [0.1, 0.15) is 0 Å². The van der Waals surface area contributed by atoms with E-state index in [2.05, 4.69) is 0 Å². The van der Waals surface area contributed by atoms with Crippen LogP contribution in [-0.4, -0.2) is 70.6 Å². The van der Waals surface area contributed by atoms with Gasteiger partial charge in [-0.15, -0.1) is 0 Å². The third-order valence-electron chi connectivity index (χ3n) is 3.73. The Morgan fingerprint density at radius 3 is 1.90 bits per heavy atom. The number of carboxylic acid groups (broad SMARTS) is 1. The summed E-state index contributed by atoms with van der Waals surface area (Å²) in [5.41, 5.74) is 0. The fraction of sp³-hybridized carbons (Fsp3) is 0.769. The molecule has 0 spiro atoms. The Hall–Kier alpha value is -1.63. The Bertz CT molecular complexity index is 371. The summed E-state index contributed by atoms with van der Waals surface area (Å²) >= 11 is 0. The molecule has 0 radical (unpaired) electrons. The summed E-state index contributed by atoms with van der Waals surface area (Å²) in [5.74, 6) is -0.647. The van der Waals surface area contributed by atoms with Crippen LogP contribution in [0.4, 0.5) is 0 Å². The van der Waals surface area contributed by atoms with Gasteiger partial charge in [-0.25, -0.2) is 0 Å². The molecule has 20 heavy (non-hydrogen) atoms. The van der Waals surface area contributed by atoms with Crippen molar-refractivity contribution in [3.8, 4) is 0 Å². The van der Waals surface area contributed by atoms with Gasteiger partial charge in [0, 0.05) is 32.5 Å². The highest BCUT2D eigenvalue weighted by Gasteiger charge is 2.26. The highest BCUT2D eigenvalue weighted by Crippen LogP contribution is 2.14. The summed E-state index contributed by atoms with van der Waals surface area (Å²) in [6, 6.07) is 0. The van der Waals surface area contributed by atoms with Crippen molar-refractivity contribution in [3.05, 3.63) is 0 Å². The minimum absolute atomic E-state index is 0.0179. The molecule has 7 heteroatoms. The lowest BCUT2D eigenvalue weighted by molar-refractivity contribution is -0.137. The van der Waals surface area contributed by atoms with E-state index in [1.807, 2.05) is 4.90 Å². The smallest absolute Gasteiger partial charge is 0.304 e. The zero-order valence-corrected chi connectivity index (χ0v) is 11.6. The molecule has 2 heterocycles. The Kier molecular flexibility index (Phi) is 4.94. The van der Waals surface area contributed by atoms with E-state index in [0.717, 1.165) is 25.9 Å². The summed E-state index contributed by atoms with van der Waals surface area (Å²) in [6.45, 7) is 2.61. The second-order valence-corrected chi connectivity index (χ2v) is 5.34. The van der Waals surface area contributed by atoms with E-state index in [9.17, 15) is 14.4 Å². The Balaban J connectivity index is 1.90. The van der Waals surface area contributed by atoms with Crippen LogP contribution in [-0.2, 0) is 14.4 Å². The van der Waals surface area contributed by atoms with E-state index in [1.165, 1.54) is 0 Å². The minimum Gasteiger partial charge on any atom is -0.481 e. The van der Waals surface area contributed by atoms with Crippen LogP contribution < -0.4 is 0 Å². The first-order valence-corrected chi connectivity index (χ1v) is 7.06. The molecular weight excluding hydrogens is 262 g/mol. The largest absolute Gasteiger partial charge is 0.481 e. The van der Waals surface area contributed by atoms with Crippen molar-refractivity contribution >= 4 is 17.8 Å². The number of rotatable bonds is 7. The molecule has 2 amide bonds. The average molecular weight is 283 g/mol. The molecule has 2 saturated heterocycles. The summed E-state index contributed by atoms with van der Waals surface area (Å²) in [7, 11) is 0. The molecule has 0 saturated carbocycles. The molecule has 7 nitrogen and oxygen atoms in total. The second-order valence-electron chi connectivity index (χ2n) is 5.34. The summed E-state index contributed by atoms with van der Waals surface area (Å²) < 4.78 is 0. The topological polar surface area (TPSA) is 81.2 Å². The maximum atomic E-state index is 11.7. The van der Waals surface area contributed by atoms with Crippen LogP contribution >= 0.6 is 0 Å². The van der Waals surface area contributed by atoms with E-state index < -0.39 is 5.97 Å². The predicted octanol–water partition coefficient (Wildman–Crippen LogP) is -0.0771. The van der Waals surface area contributed by atoms with Crippen LogP contribution in [0.1, 0.15) is 32.1 Å². The van der Waals surface area contributed by atoms with Crippen molar-refractivity contribution in [3.63, 3.8) is 0 Å². The van der Waals surface area contributed by atoms with Crippen molar-refractivity contribution in [2.45, 2.75) is 32.1 Å². The van der Waals surface area contributed by atoms with Gasteiger partial charge in [0.05, 0.1) is 19.8 Å². The van der Waals surface area contributed by atoms with Gasteiger partial charge in [0.2, 0.25) is 11.8 Å². The molecule has 0 atom stereocenters. The summed E-state index contributed by atoms with van der Waals surface area (Å²) in [4.78, 5) is 39.4. The van der Waals surface area contributed by atoms with Crippen LogP contribution in [0.5, 0.6) is 0 Å². The molecular formula is C13H21N3O4. The fourth-order valence-electron chi connectivity index (χ4n) is 2.63. The van der Waals surface area contributed by atoms with E-state index in [0.29, 0.717) is 32.7 Å². The number of carbonyl (C=O) groups is 3. The zero-order chi connectivity index (χ0) is 14.5. The lowest BCUT2D eigenvalue weighted by Gasteiger charge is -2.30. The minimum atomic E-state index is -0.865. The molecule has 0 aromatic rings. The molecule has 2 rings (SSSR count). The number of hydrogen-bond donors (Lipinski definition) is 1. The van der Waals surface area contributed by atoms with Gasteiger partial charge in [0.25, 0.3) is 0 Å². The second kappa shape index (κ2) is 6.69. The molecule has 1 N–H and O–H groups in total. The molecule has 0 aromatic heterocycles. The molecule has 0 aromatic carbocycles. The first-order valence-electron chi connectivity index (χ1n) is 7.06. The molecule has 112 valence electrons. The Morgan fingerprint density at radius 1 is 1.05 bits per heavy atom. The van der Waals surface area contributed by atoms with Gasteiger partial charge in [-0.05, 0) is 12.8 Å². The Morgan fingerprint density at radius 2 is 1.55 bits per heavy atom. The maximum absolute atomic E-state index is 11.7. The number of amides is 2. The third-order valence-corrected chi connectivity index (χ3v) is 3.73. The maximum Gasteiger partial charge on any atom is 0.304 e. The summed E-state index contributed by atoms with van der Waals surface area (Å²) in [6.07, 6.45) is 2.86. The van der Waals surface area contributed by atoms with E-state index >= 15 is 0 Å². The molecule has 0 bridgehead atoms. The van der Waals surface area contributed by atoms with Crippen molar-refractivity contribution in [1.29, 1.82) is 0 Å². The number of carbonyl (C=O) groups excluding carboxylic acids is 2. The number of hydrogen-bond acceptors (Lipinski definition) is 4. The highest BCUT2D eigenvalue weighted by molar-refractivity contribution is 5.78. The number of nitrogens with zero attached hydrogens (tertiary/aromatic N) is 3. The van der Waals surface area contributed by atoms with E-state index in [1.54, 1.807) is 9.80 Å². The van der Waals surface area contributed by atoms with Crippen LogP contribution in [0.15, 0.2) is 0 Å². The highest BCUT2D eigenvalue weighted by atomic mass is 16.4. The first-order chi connectivity index (χ1) is 9.56. The number of aliphatic carboxylic acids is 1. The quantitative estimate of drug-likeness (QED) is 0.707. The van der Waals surface area contributed by atoms with Gasteiger partial charge in [-0.1, -0.05) is 0 Å². The van der Waals surface area contributed by atoms with Gasteiger partial charge >= 0.3 is 5.97 Å². The predicted molar refractivity (Wildman–Crippen MR) is 70.6 cm³/mol. The molecule has 2 aliphatic heterocycles. The lowest BCUT2D eigenvalue weighted by Crippen LogP contribution is -2.45. The van der Waals surface area contributed by atoms with Gasteiger partial charge < -0.3 is 14.9 Å². The normalized spacial score (nSPS) is 19.4. The number of likely N-dealkylation sites (tertiary alicyclic amines) is 2. The van der Waals surface area contributed by atoms with E-state index in [-0.39, 0.29) is 18.2 Å². The van der Waals surface area contributed by atoms with Crippen molar-refractivity contribution < 1.29 is 19.5 Å². The van der Waals surface area contributed by atoms with Crippen LogP contribution in [0.3, 0.4) is 0 Å². The fourth-order valence-corrected chi connectivity index (χ4v) is 2.63. The molecule has 0 aliphatic carbocycles. The van der Waals surface area contributed by atoms with Crippen molar-refractivity contribution in [1.82, 2.24) is 14.7 Å². The molecule has 2 aliphatic rings. The van der Waals surface area contributed by atoms with Crippen LogP contribution in [0.25, 0.3) is 0 Å². The monoisotopic (exact) mass is 283 g/mol. The van der Waals surface area contributed by atoms with Crippen LogP contribution in [0.2, 0.25) is 0 Å². The SMILES string of the molecule is O=C(O)CCN(CN1CCCC1=O)CN1CCCC1=O. The van der Waals surface area contributed by atoms with Crippen LogP contribution in [0, 0.1) is 0 Å².